The number of anilines is 1. The van der Waals surface area contributed by atoms with Gasteiger partial charge in [0.25, 0.3) is 5.91 Å². The highest BCUT2D eigenvalue weighted by molar-refractivity contribution is 5.96. The van der Waals surface area contributed by atoms with E-state index in [9.17, 15) is 4.79 Å². The molecular formula is C31H41N5O2. The number of nitrogens with one attached hydrogen (secondary N) is 1. The van der Waals surface area contributed by atoms with Gasteiger partial charge in [0.1, 0.15) is 5.75 Å². The molecule has 1 N–H and O–H groups in total. The summed E-state index contributed by atoms with van der Waals surface area (Å²) in [5, 5.41) is 3.12. The molecule has 1 atom stereocenters. The van der Waals surface area contributed by atoms with E-state index in [2.05, 4.69) is 57.1 Å². The normalized spacial score (nSPS) is 15.2. The maximum absolute atomic E-state index is 12.7. The van der Waals surface area contributed by atoms with Crippen LogP contribution in [0.1, 0.15) is 58.8 Å². The molecule has 7 heteroatoms. The first-order chi connectivity index (χ1) is 18.4. The standard InChI is InChI=1S/C31H41N5O2/c1-22-10-14-32-20-26(22)21-36(27-6-8-29(38-5)9-7-27)28-12-16-35(17-13-28)25(4)11-15-34-31(37)30-23(2)18-33-19-24(30)3/h6-10,14,18-20,25,28H,11-13,15-17,21H2,1-5H3,(H,34,37). The highest BCUT2D eigenvalue weighted by Crippen LogP contribution is 2.29. The summed E-state index contributed by atoms with van der Waals surface area (Å²) in [6.07, 6.45) is 10.5. The molecule has 1 unspecified atom stereocenters. The van der Waals surface area contributed by atoms with E-state index in [4.69, 9.17) is 4.74 Å². The van der Waals surface area contributed by atoms with Crippen LogP contribution in [0.3, 0.4) is 0 Å². The summed E-state index contributed by atoms with van der Waals surface area (Å²) < 4.78 is 5.39. The van der Waals surface area contributed by atoms with E-state index >= 15 is 0 Å². The van der Waals surface area contributed by atoms with E-state index in [1.165, 1.54) is 16.8 Å². The lowest BCUT2D eigenvalue weighted by Crippen LogP contribution is -2.48. The first-order valence-electron chi connectivity index (χ1n) is 13.6. The number of hydrogen-bond donors (Lipinski definition) is 1. The number of nitrogens with zero attached hydrogens (tertiary/aromatic N) is 4. The lowest BCUT2D eigenvalue weighted by Gasteiger charge is -2.42. The SMILES string of the molecule is COc1ccc(N(Cc2cnccc2C)C2CCN(C(C)CCNC(=O)c3c(C)cncc3C)CC2)cc1. The van der Waals surface area contributed by atoms with Crippen LogP contribution < -0.4 is 15.0 Å². The lowest BCUT2D eigenvalue weighted by atomic mass is 9.99. The highest BCUT2D eigenvalue weighted by atomic mass is 16.5. The van der Waals surface area contributed by atoms with Crippen LogP contribution in [-0.4, -0.2) is 59.6 Å². The molecule has 4 rings (SSSR count). The number of carbonyl (C=O) groups excluding carboxylic acids is 1. The van der Waals surface area contributed by atoms with Gasteiger partial charge in [-0.05, 0) is 99.5 Å². The van der Waals surface area contributed by atoms with Crippen molar-refractivity contribution in [2.24, 2.45) is 0 Å². The molecule has 202 valence electrons. The van der Waals surface area contributed by atoms with Crippen molar-refractivity contribution < 1.29 is 9.53 Å². The van der Waals surface area contributed by atoms with E-state index in [0.717, 1.165) is 61.3 Å². The number of piperidine rings is 1. The van der Waals surface area contributed by atoms with Crippen molar-refractivity contribution in [1.29, 1.82) is 0 Å². The molecule has 1 aliphatic heterocycles. The van der Waals surface area contributed by atoms with Crippen LogP contribution in [0, 0.1) is 20.8 Å². The summed E-state index contributed by atoms with van der Waals surface area (Å²) in [7, 11) is 1.70. The molecule has 0 bridgehead atoms. The number of rotatable bonds is 10. The number of aryl methyl sites for hydroxylation is 3. The average molecular weight is 516 g/mol. The van der Waals surface area contributed by atoms with Gasteiger partial charge in [0.15, 0.2) is 0 Å². The third-order valence-electron chi connectivity index (χ3n) is 7.86. The van der Waals surface area contributed by atoms with Gasteiger partial charge in [0, 0.05) is 74.3 Å². The van der Waals surface area contributed by atoms with Crippen molar-refractivity contribution in [1.82, 2.24) is 20.2 Å². The van der Waals surface area contributed by atoms with Gasteiger partial charge in [0.05, 0.1) is 7.11 Å². The molecule has 1 aliphatic rings. The molecule has 0 spiro atoms. The maximum atomic E-state index is 12.7. The number of benzene rings is 1. The van der Waals surface area contributed by atoms with Crippen molar-refractivity contribution in [3.63, 3.8) is 0 Å². The zero-order valence-electron chi connectivity index (χ0n) is 23.4. The Morgan fingerprint density at radius 1 is 1.03 bits per heavy atom. The highest BCUT2D eigenvalue weighted by Gasteiger charge is 2.27. The van der Waals surface area contributed by atoms with Crippen molar-refractivity contribution in [3.05, 3.63) is 82.9 Å². The zero-order valence-corrected chi connectivity index (χ0v) is 23.4. The fourth-order valence-electron chi connectivity index (χ4n) is 5.41. The monoisotopic (exact) mass is 515 g/mol. The molecule has 1 aromatic carbocycles. The van der Waals surface area contributed by atoms with Gasteiger partial charge in [-0.1, -0.05) is 0 Å². The molecule has 7 nitrogen and oxygen atoms in total. The maximum Gasteiger partial charge on any atom is 0.251 e. The van der Waals surface area contributed by atoms with Crippen molar-refractivity contribution in [3.8, 4) is 5.75 Å². The van der Waals surface area contributed by atoms with Gasteiger partial charge >= 0.3 is 0 Å². The Bertz CT molecular complexity index is 1180. The number of pyridine rings is 2. The molecule has 3 heterocycles. The Labute approximate surface area is 227 Å². The van der Waals surface area contributed by atoms with Gasteiger partial charge < -0.3 is 19.9 Å². The second-order valence-electron chi connectivity index (χ2n) is 10.4. The topological polar surface area (TPSA) is 70.6 Å². The minimum absolute atomic E-state index is 0.00543. The molecule has 3 aromatic rings. The van der Waals surface area contributed by atoms with E-state index in [1.807, 2.05) is 38.4 Å². The second kappa shape index (κ2) is 12.9. The molecule has 1 fully saturated rings. The minimum atomic E-state index is -0.00543. The molecule has 0 radical (unpaired) electrons. The van der Waals surface area contributed by atoms with Crippen molar-refractivity contribution in [2.75, 3.05) is 31.6 Å². The van der Waals surface area contributed by atoms with Crippen molar-refractivity contribution >= 4 is 11.6 Å². The lowest BCUT2D eigenvalue weighted by molar-refractivity contribution is 0.0943. The number of methoxy groups -OCH3 is 1. The van der Waals surface area contributed by atoms with Gasteiger partial charge in [-0.15, -0.1) is 0 Å². The fourth-order valence-corrected chi connectivity index (χ4v) is 5.41. The molecule has 1 saturated heterocycles. The Balaban J connectivity index is 1.34. The first kappa shape index (κ1) is 27.6. The predicted octanol–water partition coefficient (Wildman–Crippen LogP) is 5.09. The molecule has 1 amide bonds. The number of hydrogen-bond acceptors (Lipinski definition) is 6. The smallest absolute Gasteiger partial charge is 0.251 e. The number of aromatic nitrogens is 2. The molecule has 0 aliphatic carbocycles. The molecule has 38 heavy (non-hydrogen) atoms. The average Bonchev–Trinajstić information content (AvgIpc) is 2.93. The Morgan fingerprint density at radius 2 is 1.71 bits per heavy atom. The van der Waals surface area contributed by atoms with Gasteiger partial charge in [-0.3, -0.25) is 14.8 Å². The second-order valence-corrected chi connectivity index (χ2v) is 10.4. The number of likely N-dealkylation sites (tertiary alicyclic amines) is 1. The van der Waals surface area contributed by atoms with E-state index in [-0.39, 0.29) is 5.91 Å². The van der Waals surface area contributed by atoms with Gasteiger partial charge in [-0.2, -0.15) is 0 Å². The third-order valence-corrected chi connectivity index (χ3v) is 7.86. The van der Waals surface area contributed by atoms with Crippen LogP contribution >= 0.6 is 0 Å². The summed E-state index contributed by atoms with van der Waals surface area (Å²) in [6, 6.07) is 11.3. The van der Waals surface area contributed by atoms with Crippen LogP contribution in [-0.2, 0) is 6.54 Å². The first-order valence-corrected chi connectivity index (χ1v) is 13.6. The fraction of sp³-hybridized carbons (Fsp3) is 0.452. The summed E-state index contributed by atoms with van der Waals surface area (Å²) >= 11 is 0. The van der Waals surface area contributed by atoms with Crippen LogP contribution in [0.5, 0.6) is 5.75 Å². The molecule has 2 aromatic heterocycles. The Morgan fingerprint density at radius 3 is 2.34 bits per heavy atom. The zero-order chi connectivity index (χ0) is 27.1. The summed E-state index contributed by atoms with van der Waals surface area (Å²) in [5.74, 6) is 0.866. The molecule has 0 saturated carbocycles. The predicted molar refractivity (Wildman–Crippen MR) is 153 cm³/mol. The van der Waals surface area contributed by atoms with Gasteiger partial charge in [0.2, 0.25) is 0 Å². The van der Waals surface area contributed by atoms with E-state index in [0.29, 0.717) is 18.6 Å². The summed E-state index contributed by atoms with van der Waals surface area (Å²) in [4.78, 5) is 26.4. The van der Waals surface area contributed by atoms with Crippen LogP contribution in [0.25, 0.3) is 0 Å². The van der Waals surface area contributed by atoms with Crippen molar-refractivity contribution in [2.45, 2.75) is 65.6 Å². The summed E-state index contributed by atoms with van der Waals surface area (Å²) in [6.45, 7) is 11.9. The van der Waals surface area contributed by atoms with E-state index in [1.54, 1.807) is 19.5 Å². The summed E-state index contributed by atoms with van der Waals surface area (Å²) in [5.41, 5.74) is 6.32. The van der Waals surface area contributed by atoms with E-state index < -0.39 is 0 Å². The largest absolute Gasteiger partial charge is 0.497 e. The van der Waals surface area contributed by atoms with Gasteiger partial charge in [-0.25, -0.2) is 0 Å². The third kappa shape index (κ3) is 6.70. The number of amides is 1. The quantitative estimate of drug-likeness (QED) is 0.406. The van der Waals surface area contributed by atoms with Crippen LogP contribution in [0.2, 0.25) is 0 Å². The minimum Gasteiger partial charge on any atom is -0.497 e. The van der Waals surface area contributed by atoms with Crippen LogP contribution in [0.15, 0.2) is 55.1 Å². The Hall–Kier alpha value is -3.45. The Kier molecular flexibility index (Phi) is 9.34. The number of ether oxygens (including phenoxy) is 1. The van der Waals surface area contributed by atoms with Crippen LogP contribution in [0.4, 0.5) is 5.69 Å². The number of carbonyl (C=O) groups is 1. The molecular weight excluding hydrogens is 474 g/mol.